The summed E-state index contributed by atoms with van der Waals surface area (Å²) in [5, 5.41) is 0. The molecule has 1 aliphatic carbocycles. The lowest BCUT2D eigenvalue weighted by molar-refractivity contribution is -0.290. The molecule has 0 aromatic rings. The minimum atomic E-state index is -0.926. The van der Waals surface area contributed by atoms with Crippen LogP contribution < -0.4 is 0 Å². The van der Waals surface area contributed by atoms with Crippen molar-refractivity contribution in [2.75, 3.05) is 0 Å². The van der Waals surface area contributed by atoms with E-state index in [1.165, 1.54) is 0 Å². The van der Waals surface area contributed by atoms with Crippen LogP contribution in [0.25, 0.3) is 0 Å². The molecule has 0 unspecified atom stereocenters. The Morgan fingerprint density at radius 2 is 1.60 bits per heavy atom. The van der Waals surface area contributed by atoms with Crippen LogP contribution in [-0.2, 0) is 19.1 Å². The van der Waals surface area contributed by atoms with Crippen molar-refractivity contribution in [3.8, 4) is 0 Å². The average molecular weight is 212 g/mol. The summed E-state index contributed by atoms with van der Waals surface area (Å²) in [5.74, 6) is -1.40. The minimum Gasteiger partial charge on any atom is -0.422 e. The monoisotopic (exact) mass is 212 g/mol. The highest BCUT2D eigenvalue weighted by Gasteiger charge is 2.56. The Balaban J connectivity index is 2.01. The predicted molar refractivity (Wildman–Crippen MR) is 51.7 cm³/mol. The molecule has 0 N–H and O–H groups in total. The maximum atomic E-state index is 11.1. The molecule has 0 aromatic carbocycles. The molecule has 1 heterocycles. The van der Waals surface area contributed by atoms with Crippen molar-refractivity contribution >= 4 is 11.9 Å². The first-order valence-electron chi connectivity index (χ1n) is 5.24. The van der Waals surface area contributed by atoms with Crippen molar-refractivity contribution in [1.82, 2.24) is 0 Å². The zero-order valence-corrected chi connectivity index (χ0v) is 9.33. The topological polar surface area (TPSA) is 52.6 Å². The first-order chi connectivity index (χ1) is 6.81. The van der Waals surface area contributed by atoms with Crippen LogP contribution in [0.5, 0.6) is 0 Å². The molecule has 1 saturated heterocycles. The summed E-state index contributed by atoms with van der Waals surface area (Å²) in [6.45, 7) is 6.41. The highest BCUT2D eigenvalue weighted by atomic mass is 16.7. The van der Waals surface area contributed by atoms with Gasteiger partial charge in [-0.15, -0.1) is 0 Å². The van der Waals surface area contributed by atoms with Crippen LogP contribution >= 0.6 is 0 Å². The quantitative estimate of drug-likeness (QED) is 0.452. The Bertz CT molecular complexity index is 289. The van der Waals surface area contributed by atoms with Crippen molar-refractivity contribution in [1.29, 1.82) is 0 Å². The second kappa shape index (κ2) is 2.97. The Hall–Kier alpha value is -1.06. The molecule has 0 atom stereocenters. The predicted octanol–water partition coefficient (Wildman–Crippen LogP) is 1.63. The number of carbonyl (C=O) groups is 2. The molecule has 1 aliphatic heterocycles. The van der Waals surface area contributed by atoms with E-state index in [0.717, 1.165) is 0 Å². The normalized spacial score (nSPS) is 25.8. The third-order valence-corrected chi connectivity index (χ3v) is 3.23. The van der Waals surface area contributed by atoms with E-state index in [0.29, 0.717) is 18.8 Å². The maximum Gasteiger partial charge on any atom is 0.320 e. The number of rotatable bonds is 0. The lowest BCUT2D eigenvalue weighted by Crippen LogP contribution is -2.56. The van der Waals surface area contributed by atoms with E-state index in [4.69, 9.17) is 9.47 Å². The number of ether oxygens (including phenoxy) is 2. The van der Waals surface area contributed by atoms with Gasteiger partial charge in [-0.1, -0.05) is 20.8 Å². The van der Waals surface area contributed by atoms with Gasteiger partial charge in [-0.2, -0.15) is 0 Å². The van der Waals surface area contributed by atoms with Gasteiger partial charge in [0.25, 0.3) is 5.79 Å². The third kappa shape index (κ3) is 1.85. The van der Waals surface area contributed by atoms with Gasteiger partial charge in [0.1, 0.15) is 6.42 Å². The molecule has 0 aromatic heterocycles. The number of hydrogen-bond donors (Lipinski definition) is 0. The van der Waals surface area contributed by atoms with E-state index < -0.39 is 17.7 Å². The van der Waals surface area contributed by atoms with Gasteiger partial charge in [-0.3, -0.25) is 9.59 Å². The van der Waals surface area contributed by atoms with E-state index >= 15 is 0 Å². The molecule has 0 amide bonds. The second-order valence-electron chi connectivity index (χ2n) is 5.51. The molecule has 0 radical (unpaired) electrons. The fourth-order valence-electron chi connectivity index (χ4n) is 2.10. The third-order valence-electron chi connectivity index (χ3n) is 3.23. The zero-order valence-electron chi connectivity index (χ0n) is 9.33. The van der Waals surface area contributed by atoms with E-state index in [2.05, 4.69) is 20.8 Å². The van der Waals surface area contributed by atoms with Crippen LogP contribution in [-0.4, -0.2) is 17.7 Å². The summed E-state index contributed by atoms with van der Waals surface area (Å²) in [6, 6.07) is 0. The largest absolute Gasteiger partial charge is 0.422 e. The maximum absolute atomic E-state index is 11.1. The fourth-order valence-corrected chi connectivity index (χ4v) is 2.10. The van der Waals surface area contributed by atoms with Crippen molar-refractivity contribution in [2.45, 2.75) is 45.8 Å². The van der Waals surface area contributed by atoms with E-state index in [9.17, 15) is 9.59 Å². The van der Waals surface area contributed by atoms with Crippen molar-refractivity contribution in [3.05, 3.63) is 0 Å². The summed E-state index contributed by atoms with van der Waals surface area (Å²) >= 11 is 0. The lowest BCUT2D eigenvalue weighted by atomic mass is 9.65. The van der Waals surface area contributed by atoms with Crippen LogP contribution in [0.4, 0.5) is 0 Å². The summed E-state index contributed by atoms with van der Waals surface area (Å²) in [5.41, 5.74) is 0.168. The molecule has 1 saturated carbocycles. The minimum absolute atomic E-state index is 0.168. The van der Waals surface area contributed by atoms with Gasteiger partial charge in [0.2, 0.25) is 0 Å². The molecule has 15 heavy (non-hydrogen) atoms. The summed E-state index contributed by atoms with van der Waals surface area (Å²) in [4.78, 5) is 22.2. The molecule has 4 nitrogen and oxygen atoms in total. The molecule has 84 valence electrons. The Labute approximate surface area is 88.9 Å². The lowest BCUT2D eigenvalue weighted by Gasteiger charge is -2.51. The number of hydrogen-bond acceptors (Lipinski definition) is 4. The van der Waals surface area contributed by atoms with Crippen LogP contribution in [0.1, 0.15) is 40.0 Å². The molecule has 2 rings (SSSR count). The standard InChI is InChI=1S/C11H16O4/c1-10(2,3)7-5-11(6-7)14-8(12)4-9(13)15-11/h7H,4-6H2,1-3H3. The van der Waals surface area contributed by atoms with Gasteiger partial charge in [0, 0.05) is 12.8 Å². The van der Waals surface area contributed by atoms with Crippen LogP contribution in [0.15, 0.2) is 0 Å². The zero-order chi connectivity index (χ0) is 11.3. The van der Waals surface area contributed by atoms with Crippen molar-refractivity contribution < 1.29 is 19.1 Å². The van der Waals surface area contributed by atoms with Crippen LogP contribution in [0, 0.1) is 11.3 Å². The van der Waals surface area contributed by atoms with Crippen molar-refractivity contribution in [2.24, 2.45) is 11.3 Å². The van der Waals surface area contributed by atoms with E-state index in [1.54, 1.807) is 0 Å². The smallest absolute Gasteiger partial charge is 0.320 e. The summed E-state index contributed by atoms with van der Waals surface area (Å²) in [7, 11) is 0. The molecule has 1 spiro atoms. The first kappa shape index (κ1) is 10.5. The molecule has 0 bridgehead atoms. The van der Waals surface area contributed by atoms with Crippen LogP contribution in [0.2, 0.25) is 0 Å². The van der Waals surface area contributed by atoms with Gasteiger partial charge in [-0.25, -0.2) is 0 Å². The molecular formula is C11H16O4. The van der Waals surface area contributed by atoms with E-state index in [1.807, 2.05) is 0 Å². The van der Waals surface area contributed by atoms with Crippen LogP contribution in [0.3, 0.4) is 0 Å². The Morgan fingerprint density at radius 1 is 1.13 bits per heavy atom. The van der Waals surface area contributed by atoms with Gasteiger partial charge in [0.15, 0.2) is 0 Å². The van der Waals surface area contributed by atoms with E-state index in [-0.39, 0.29) is 11.8 Å². The highest BCUT2D eigenvalue weighted by Crippen LogP contribution is 2.51. The van der Waals surface area contributed by atoms with Crippen molar-refractivity contribution in [3.63, 3.8) is 0 Å². The average Bonchev–Trinajstić information content (AvgIpc) is 1.95. The molecule has 4 heteroatoms. The highest BCUT2D eigenvalue weighted by molar-refractivity contribution is 5.93. The second-order valence-corrected chi connectivity index (χ2v) is 5.51. The van der Waals surface area contributed by atoms with Gasteiger partial charge in [-0.05, 0) is 11.3 Å². The SMILES string of the molecule is CC(C)(C)C1CC2(C1)OC(=O)CC(=O)O2. The number of esters is 2. The Kier molecular flexibility index (Phi) is 2.07. The van der Waals surface area contributed by atoms with Gasteiger partial charge >= 0.3 is 11.9 Å². The molecular weight excluding hydrogens is 196 g/mol. The van der Waals surface area contributed by atoms with Gasteiger partial charge < -0.3 is 9.47 Å². The van der Waals surface area contributed by atoms with Gasteiger partial charge in [0.05, 0.1) is 0 Å². The molecule has 2 aliphatic rings. The summed E-state index contributed by atoms with van der Waals surface area (Å²) < 4.78 is 10.2. The fraction of sp³-hybridized carbons (Fsp3) is 0.818. The summed E-state index contributed by atoms with van der Waals surface area (Å²) in [6.07, 6.45) is 1.02. The first-order valence-corrected chi connectivity index (χ1v) is 5.24. The Morgan fingerprint density at radius 3 is 2.00 bits per heavy atom. The molecule has 2 fully saturated rings. The number of carbonyl (C=O) groups excluding carboxylic acids is 2.